The summed E-state index contributed by atoms with van der Waals surface area (Å²) in [5.41, 5.74) is 0. The minimum atomic E-state index is -2.80. The summed E-state index contributed by atoms with van der Waals surface area (Å²) in [6.07, 6.45) is 0. The molecule has 0 spiro atoms. The fourth-order valence-corrected chi connectivity index (χ4v) is 3.35. The van der Waals surface area contributed by atoms with E-state index in [1.165, 1.54) is 0 Å². The average Bonchev–Trinajstić information content (AvgIpc) is 2.28. The Balaban J connectivity index is 2.41. The lowest BCUT2D eigenvalue weighted by Crippen LogP contribution is -2.51. The third-order valence-corrected chi connectivity index (χ3v) is 4.80. The molecular weight excluding hydrogens is 252 g/mol. The molecule has 1 fully saturated rings. The molecule has 0 aromatic rings. The Morgan fingerprint density at radius 2 is 1.83 bits per heavy atom. The van der Waals surface area contributed by atoms with Crippen molar-refractivity contribution in [2.24, 2.45) is 5.92 Å². The van der Waals surface area contributed by atoms with Crippen LogP contribution >= 0.6 is 0 Å². The molecule has 1 atom stereocenters. The van der Waals surface area contributed by atoms with Gasteiger partial charge >= 0.3 is 0 Å². The molecule has 6 heteroatoms. The Bertz CT molecular complexity index is 316. The first kappa shape index (κ1) is 15.9. The number of hydrogen-bond acceptors (Lipinski definition) is 5. The summed E-state index contributed by atoms with van der Waals surface area (Å²) in [5, 5.41) is 3.42. The molecule has 1 saturated heterocycles. The van der Waals surface area contributed by atoms with Gasteiger partial charge in [0.15, 0.2) is 9.84 Å². The third-order valence-electron chi connectivity index (χ3n) is 3.19. The van der Waals surface area contributed by atoms with E-state index in [1.807, 2.05) is 0 Å². The van der Waals surface area contributed by atoms with E-state index in [0.29, 0.717) is 25.6 Å². The highest BCUT2D eigenvalue weighted by Crippen LogP contribution is 2.08. The molecule has 0 aromatic carbocycles. The number of hydrogen-bond donors (Lipinski definition) is 1. The lowest BCUT2D eigenvalue weighted by molar-refractivity contribution is 0.0941. The number of nitrogens with zero attached hydrogens (tertiary/aromatic N) is 1. The van der Waals surface area contributed by atoms with Crippen LogP contribution in [-0.4, -0.2) is 70.8 Å². The molecule has 108 valence electrons. The van der Waals surface area contributed by atoms with Crippen LogP contribution in [0.4, 0.5) is 0 Å². The van der Waals surface area contributed by atoms with Gasteiger partial charge in [-0.05, 0) is 12.5 Å². The maximum absolute atomic E-state index is 11.4. The molecule has 1 rings (SSSR count). The van der Waals surface area contributed by atoms with Crippen LogP contribution in [0.15, 0.2) is 0 Å². The summed E-state index contributed by atoms with van der Waals surface area (Å²) < 4.78 is 28.0. The molecular formula is C12H26N2O3S. The van der Waals surface area contributed by atoms with E-state index >= 15 is 0 Å². The first-order valence-corrected chi connectivity index (χ1v) is 8.41. The van der Waals surface area contributed by atoms with E-state index in [-0.39, 0.29) is 17.5 Å². The van der Waals surface area contributed by atoms with Gasteiger partial charge in [-0.1, -0.05) is 13.8 Å². The normalized spacial score (nSPS) is 22.2. The highest BCUT2D eigenvalue weighted by molar-refractivity contribution is 7.91. The van der Waals surface area contributed by atoms with E-state index in [1.54, 1.807) is 7.11 Å². The van der Waals surface area contributed by atoms with Crippen molar-refractivity contribution in [1.82, 2.24) is 10.2 Å². The molecule has 0 aliphatic carbocycles. The molecule has 1 N–H and O–H groups in total. The highest BCUT2D eigenvalue weighted by Gasteiger charge is 2.26. The van der Waals surface area contributed by atoms with Crippen molar-refractivity contribution < 1.29 is 13.2 Å². The van der Waals surface area contributed by atoms with E-state index in [2.05, 4.69) is 24.1 Å². The predicted molar refractivity (Wildman–Crippen MR) is 73.6 cm³/mol. The molecule has 0 radical (unpaired) electrons. The third kappa shape index (κ3) is 5.65. The SMILES string of the molecule is COCC(CNCC(C)C)N1CCS(=O)(=O)CC1. The van der Waals surface area contributed by atoms with Crippen molar-refractivity contribution >= 4 is 9.84 Å². The zero-order valence-electron chi connectivity index (χ0n) is 11.7. The van der Waals surface area contributed by atoms with Crippen LogP contribution in [0, 0.1) is 5.92 Å². The number of rotatable bonds is 7. The van der Waals surface area contributed by atoms with E-state index in [9.17, 15) is 8.42 Å². The molecule has 0 amide bonds. The first-order chi connectivity index (χ1) is 8.44. The molecule has 0 bridgehead atoms. The summed E-state index contributed by atoms with van der Waals surface area (Å²) in [7, 11) is -1.11. The number of sulfone groups is 1. The van der Waals surface area contributed by atoms with E-state index in [0.717, 1.165) is 13.1 Å². The van der Waals surface area contributed by atoms with Crippen LogP contribution in [0.5, 0.6) is 0 Å². The Labute approximate surface area is 111 Å². The summed E-state index contributed by atoms with van der Waals surface area (Å²) >= 11 is 0. The minimum absolute atomic E-state index is 0.268. The number of ether oxygens (including phenoxy) is 1. The van der Waals surface area contributed by atoms with Gasteiger partial charge in [-0.15, -0.1) is 0 Å². The Morgan fingerprint density at radius 1 is 1.22 bits per heavy atom. The molecule has 1 unspecified atom stereocenters. The Hall–Kier alpha value is -0.170. The molecule has 1 heterocycles. The van der Waals surface area contributed by atoms with Crippen molar-refractivity contribution in [3.05, 3.63) is 0 Å². The largest absolute Gasteiger partial charge is 0.383 e. The Kier molecular flexibility index (Phi) is 6.55. The zero-order valence-corrected chi connectivity index (χ0v) is 12.5. The monoisotopic (exact) mass is 278 g/mol. The average molecular weight is 278 g/mol. The minimum Gasteiger partial charge on any atom is -0.383 e. The van der Waals surface area contributed by atoms with E-state index < -0.39 is 9.84 Å². The smallest absolute Gasteiger partial charge is 0.152 e. The van der Waals surface area contributed by atoms with Gasteiger partial charge in [0.1, 0.15) is 0 Å². The van der Waals surface area contributed by atoms with Gasteiger partial charge in [-0.2, -0.15) is 0 Å². The van der Waals surface area contributed by atoms with Gasteiger partial charge in [0.25, 0.3) is 0 Å². The highest BCUT2D eigenvalue weighted by atomic mass is 32.2. The fourth-order valence-electron chi connectivity index (χ4n) is 2.12. The molecule has 1 aliphatic heterocycles. The fraction of sp³-hybridized carbons (Fsp3) is 1.00. The summed E-state index contributed by atoms with van der Waals surface area (Å²) in [4.78, 5) is 2.22. The van der Waals surface area contributed by atoms with Crippen LogP contribution in [-0.2, 0) is 14.6 Å². The van der Waals surface area contributed by atoms with Crippen LogP contribution < -0.4 is 5.32 Å². The standard InChI is InChI=1S/C12H26N2O3S/c1-11(2)8-13-9-12(10-17-3)14-4-6-18(15,16)7-5-14/h11-13H,4-10H2,1-3H3. The van der Waals surface area contributed by atoms with Gasteiger partial charge in [-0.25, -0.2) is 8.42 Å². The van der Waals surface area contributed by atoms with Gasteiger partial charge in [0, 0.05) is 32.8 Å². The zero-order chi connectivity index (χ0) is 13.6. The van der Waals surface area contributed by atoms with Gasteiger partial charge in [-0.3, -0.25) is 4.90 Å². The number of methoxy groups -OCH3 is 1. The second-order valence-electron chi connectivity index (χ2n) is 5.35. The first-order valence-electron chi connectivity index (χ1n) is 6.58. The second kappa shape index (κ2) is 7.43. The maximum Gasteiger partial charge on any atom is 0.152 e. The van der Waals surface area contributed by atoms with Crippen molar-refractivity contribution in [2.75, 3.05) is 51.4 Å². The van der Waals surface area contributed by atoms with Crippen molar-refractivity contribution in [1.29, 1.82) is 0 Å². The Morgan fingerprint density at radius 3 is 2.33 bits per heavy atom. The van der Waals surface area contributed by atoms with Crippen LogP contribution in [0.1, 0.15) is 13.8 Å². The topological polar surface area (TPSA) is 58.6 Å². The van der Waals surface area contributed by atoms with Gasteiger partial charge in [0.2, 0.25) is 0 Å². The predicted octanol–water partition coefficient (Wildman–Crippen LogP) is -0.0226. The summed E-state index contributed by atoms with van der Waals surface area (Å²) in [6, 6.07) is 0.268. The van der Waals surface area contributed by atoms with Crippen LogP contribution in [0.2, 0.25) is 0 Å². The lowest BCUT2D eigenvalue weighted by atomic mass is 10.2. The van der Waals surface area contributed by atoms with Gasteiger partial charge < -0.3 is 10.1 Å². The quantitative estimate of drug-likeness (QED) is 0.709. The lowest BCUT2D eigenvalue weighted by Gasteiger charge is -2.34. The van der Waals surface area contributed by atoms with Crippen LogP contribution in [0.3, 0.4) is 0 Å². The van der Waals surface area contributed by atoms with Crippen molar-refractivity contribution in [2.45, 2.75) is 19.9 Å². The summed E-state index contributed by atoms with van der Waals surface area (Å²) in [5.74, 6) is 1.17. The van der Waals surface area contributed by atoms with E-state index in [4.69, 9.17) is 4.74 Å². The van der Waals surface area contributed by atoms with Crippen molar-refractivity contribution in [3.63, 3.8) is 0 Å². The van der Waals surface area contributed by atoms with Crippen LogP contribution in [0.25, 0.3) is 0 Å². The maximum atomic E-state index is 11.4. The second-order valence-corrected chi connectivity index (χ2v) is 7.65. The molecule has 18 heavy (non-hydrogen) atoms. The summed E-state index contributed by atoms with van der Waals surface area (Å²) in [6.45, 7) is 8.07. The number of nitrogens with one attached hydrogen (secondary N) is 1. The van der Waals surface area contributed by atoms with Gasteiger partial charge in [0.05, 0.1) is 18.1 Å². The molecule has 1 aliphatic rings. The molecule has 0 saturated carbocycles. The molecule has 5 nitrogen and oxygen atoms in total. The molecule has 0 aromatic heterocycles. The van der Waals surface area contributed by atoms with Crippen molar-refractivity contribution in [3.8, 4) is 0 Å².